The summed E-state index contributed by atoms with van der Waals surface area (Å²) < 4.78 is 13.1. The van der Waals surface area contributed by atoms with Crippen molar-refractivity contribution in [3.05, 3.63) is 76.6 Å². The molecule has 1 aliphatic heterocycles. The summed E-state index contributed by atoms with van der Waals surface area (Å²) in [7, 11) is 0. The molecule has 1 N–H and O–H groups in total. The molecule has 2 aromatic carbocycles. The molecule has 2 aromatic rings. The molecule has 1 unspecified atom stereocenters. The molecule has 0 aliphatic carbocycles. The number of rotatable bonds is 2. The van der Waals surface area contributed by atoms with E-state index in [1.807, 2.05) is 18.2 Å². The van der Waals surface area contributed by atoms with Crippen molar-refractivity contribution in [2.24, 2.45) is 0 Å². The third kappa shape index (κ3) is 2.83. The molecule has 0 fully saturated rings. The van der Waals surface area contributed by atoms with Crippen LogP contribution in [-0.4, -0.2) is 10.9 Å². The second kappa shape index (κ2) is 5.81. The van der Waals surface area contributed by atoms with Crippen LogP contribution in [0.5, 0.6) is 0 Å². The first-order chi connectivity index (χ1) is 10.5. The van der Waals surface area contributed by atoms with E-state index in [1.165, 1.54) is 24.1 Å². The van der Waals surface area contributed by atoms with Gasteiger partial charge in [-0.05, 0) is 41.5 Å². The van der Waals surface area contributed by atoms with E-state index in [2.05, 4.69) is 5.43 Å². The maximum atomic E-state index is 13.1. The lowest BCUT2D eigenvalue weighted by atomic mass is 10.0. The van der Waals surface area contributed by atoms with Gasteiger partial charge in [0.1, 0.15) is 5.82 Å². The largest absolute Gasteiger partial charge is 0.295 e. The normalized spacial score (nSPS) is 17.1. The van der Waals surface area contributed by atoms with Crippen LogP contribution in [-0.2, 0) is 4.79 Å². The number of nitrogens with zero attached hydrogens (tertiary/aromatic N) is 1. The summed E-state index contributed by atoms with van der Waals surface area (Å²) >= 11 is 5.90. The second-order valence-electron chi connectivity index (χ2n) is 5.08. The number of hydrogen-bond acceptors (Lipinski definition) is 2. The van der Waals surface area contributed by atoms with Gasteiger partial charge in [0.15, 0.2) is 0 Å². The number of halogens is 2. The van der Waals surface area contributed by atoms with Gasteiger partial charge in [0.2, 0.25) is 5.91 Å². The van der Waals surface area contributed by atoms with Crippen LogP contribution < -0.4 is 5.43 Å². The molecular weight excluding hydrogens is 303 g/mol. The van der Waals surface area contributed by atoms with E-state index in [9.17, 15) is 9.18 Å². The topological polar surface area (TPSA) is 32.3 Å². The fourth-order valence-electron chi connectivity index (χ4n) is 2.44. The van der Waals surface area contributed by atoms with Gasteiger partial charge in [0, 0.05) is 11.9 Å². The minimum Gasteiger partial charge on any atom is -0.295 e. The predicted octanol–water partition coefficient (Wildman–Crippen LogP) is 3.93. The predicted molar refractivity (Wildman–Crippen MR) is 84.2 cm³/mol. The molecule has 3 rings (SSSR count). The smallest absolute Gasteiger partial charge is 0.238 e. The number of benzene rings is 2. The Balaban J connectivity index is 1.96. The zero-order valence-corrected chi connectivity index (χ0v) is 12.6. The lowest BCUT2D eigenvalue weighted by Crippen LogP contribution is -2.37. The summed E-state index contributed by atoms with van der Waals surface area (Å²) in [5, 5.41) is 2.18. The summed E-state index contributed by atoms with van der Waals surface area (Å²) in [6.07, 6.45) is 1.94. The minimum absolute atomic E-state index is 0.116. The van der Waals surface area contributed by atoms with Gasteiger partial charge in [-0.15, -0.1) is 0 Å². The highest BCUT2D eigenvalue weighted by Gasteiger charge is 2.28. The molecule has 0 saturated carbocycles. The maximum absolute atomic E-state index is 13.1. The first-order valence-electron chi connectivity index (χ1n) is 6.84. The average Bonchev–Trinajstić information content (AvgIpc) is 2.94. The molecular formula is C17H14ClFN2O. The quantitative estimate of drug-likeness (QED) is 0.910. The Bertz CT molecular complexity index is 725. The molecule has 22 heavy (non-hydrogen) atoms. The second-order valence-corrected chi connectivity index (χ2v) is 5.52. The third-order valence-corrected chi connectivity index (χ3v) is 3.80. The van der Waals surface area contributed by atoms with Crippen molar-refractivity contribution in [2.45, 2.75) is 13.0 Å². The summed E-state index contributed by atoms with van der Waals surface area (Å²) in [5.74, 6) is -0.416. The van der Waals surface area contributed by atoms with E-state index in [-0.39, 0.29) is 17.8 Å². The minimum atomic E-state index is -0.300. The summed E-state index contributed by atoms with van der Waals surface area (Å²) in [4.78, 5) is 11.9. The Morgan fingerprint density at radius 1 is 1.14 bits per heavy atom. The highest BCUT2D eigenvalue weighted by atomic mass is 35.5. The molecule has 0 spiro atoms. The number of hydrogen-bond donors (Lipinski definition) is 1. The fourth-order valence-corrected chi connectivity index (χ4v) is 2.57. The van der Waals surface area contributed by atoms with E-state index in [0.717, 1.165) is 16.8 Å². The molecule has 1 amide bonds. The van der Waals surface area contributed by atoms with Gasteiger partial charge in [-0.1, -0.05) is 35.9 Å². The highest BCUT2D eigenvalue weighted by molar-refractivity contribution is 6.30. The van der Waals surface area contributed by atoms with E-state index >= 15 is 0 Å². The molecule has 112 valence electrons. The Kier molecular flexibility index (Phi) is 3.86. The summed E-state index contributed by atoms with van der Waals surface area (Å²) in [5.41, 5.74) is 5.69. The lowest BCUT2D eigenvalue weighted by molar-refractivity contribution is -0.132. The van der Waals surface area contributed by atoms with Crippen molar-refractivity contribution >= 4 is 23.2 Å². The summed E-state index contributed by atoms with van der Waals surface area (Å²) in [6.45, 7) is 1.49. The lowest BCUT2D eigenvalue weighted by Gasteiger charge is -2.24. The van der Waals surface area contributed by atoms with E-state index in [4.69, 9.17) is 11.6 Å². The van der Waals surface area contributed by atoms with Crippen molar-refractivity contribution in [3.63, 3.8) is 0 Å². The average molecular weight is 317 g/mol. The van der Waals surface area contributed by atoms with Gasteiger partial charge in [-0.3, -0.25) is 10.2 Å². The van der Waals surface area contributed by atoms with Gasteiger partial charge >= 0.3 is 0 Å². The SMILES string of the molecule is CC(=O)N1NC(c2ccc(Cl)cc2)=CC1c1ccc(F)cc1. The Morgan fingerprint density at radius 3 is 2.36 bits per heavy atom. The van der Waals surface area contributed by atoms with Crippen molar-refractivity contribution in [2.75, 3.05) is 0 Å². The van der Waals surface area contributed by atoms with Crippen LogP contribution in [0.1, 0.15) is 24.1 Å². The Morgan fingerprint density at radius 2 is 1.77 bits per heavy atom. The molecule has 1 atom stereocenters. The van der Waals surface area contributed by atoms with Crippen LogP contribution >= 0.6 is 11.6 Å². The first kappa shape index (κ1) is 14.6. The fraction of sp³-hybridized carbons (Fsp3) is 0.118. The summed E-state index contributed by atoms with van der Waals surface area (Å²) in [6, 6.07) is 13.2. The van der Waals surface area contributed by atoms with Crippen molar-refractivity contribution in [1.29, 1.82) is 0 Å². The Labute approximate surface area is 133 Å². The highest BCUT2D eigenvalue weighted by Crippen LogP contribution is 2.31. The van der Waals surface area contributed by atoms with Crippen LogP contribution in [0.3, 0.4) is 0 Å². The molecule has 3 nitrogen and oxygen atoms in total. The van der Waals surface area contributed by atoms with Gasteiger partial charge in [0.25, 0.3) is 0 Å². The number of carbonyl (C=O) groups is 1. The van der Waals surface area contributed by atoms with Crippen molar-refractivity contribution in [1.82, 2.24) is 10.4 Å². The molecule has 0 aromatic heterocycles. The van der Waals surface area contributed by atoms with Crippen LogP contribution in [0, 0.1) is 5.82 Å². The van der Waals surface area contributed by atoms with Crippen LogP contribution in [0.2, 0.25) is 5.02 Å². The van der Waals surface area contributed by atoms with Gasteiger partial charge in [0.05, 0.1) is 11.7 Å². The molecule has 0 saturated heterocycles. The number of amides is 1. The number of carbonyl (C=O) groups excluding carboxylic acids is 1. The standard InChI is InChI=1S/C17H14ClFN2O/c1-11(22)21-17(13-4-8-15(19)9-5-13)10-16(20-21)12-2-6-14(18)7-3-12/h2-10,17,20H,1H3. The van der Waals surface area contributed by atoms with Gasteiger partial charge < -0.3 is 0 Å². The van der Waals surface area contributed by atoms with Crippen molar-refractivity contribution < 1.29 is 9.18 Å². The third-order valence-electron chi connectivity index (χ3n) is 3.55. The number of hydrazine groups is 1. The van der Waals surface area contributed by atoms with E-state index in [1.54, 1.807) is 24.3 Å². The zero-order chi connectivity index (χ0) is 15.7. The van der Waals surface area contributed by atoms with E-state index < -0.39 is 0 Å². The van der Waals surface area contributed by atoms with Gasteiger partial charge in [-0.2, -0.15) is 0 Å². The van der Waals surface area contributed by atoms with Crippen LogP contribution in [0.4, 0.5) is 4.39 Å². The van der Waals surface area contributed by atoms with Crippen LogP contribution in [0.15, 0.2) is 54.6 Å². The van der Waals surface area contributed by atoms with Crippen LogP contribution in [0.25, 0.3) is 5.70 Å². The monoisotopic (exact) mass is 316 g/mol. The molecule has 5 heteroatoms. The molecule has 0 radical (unpaired) electrons. The molecule has 1 aliphatic rings. The molecule has 1 heterocycles. The van der Waals surface area contributed by atoms with Crippen molar-refractivity contribution in [3.8, 4) is 0 Å². The first-order valence-corrected chi connectivity index (χ1v) is 7.22. The van der Waals surface area contributed by atoms with E-state index in [0.29, 0.717) is 5.02 Å². The number of nitrogens with one attached hydrogen (secondary N) is 1. The Hall–Kier alpha value is -2.33. The van der Waals surface area contributed by atoms with Gasteiger partial charge in [-0.25, -0.2) is 9.40 Å². The molecule has 0 bridgehead atoms. The zero-order valence-electron chi connectivity index (χ0n) is 11.9. The maximum Gasteiger partial charge on any atom is 0.238 e.